The van der Waals surface area contributed by atoms with E-state index in [1.165, 1.54) is 67.2 Å². The van der Waals surface area contributed by atoms with Crippen molar-refractivity contribution in [1.82, 2.24) is 26.6 Å². The molecule has 25 heteroatoms. The highest BCUT2D eigenvalue weighted by Gasteiger charge is 2.39. The molecule has 4 rings (SSSR count). The summed E-state index contributed by atoms with van der Waals surface area (Å²) in [5, 5.41) is 54.8. The summed E-state index contributed by atoms with van der Waals surface area (Å²) in [7, 11) is 0. The third-order valence-electron chi connectivity index (χ3n) is 14.7. The first kappa shape index (κ1) is 71.7. The van der Waals surface area contributed by atoms with Crippen molar-refractivity contribution in [3.8, 4) is 11.5 Å². The van der Waals surface area contributed by atoms with Crippen molar-refractivity contribution in [2.24, 2.45) is 29.4 Å². The number of ketones is 4. The number of Topliss-reactive ketones (excluding diaryl/α,β-unsaturated/α-hetero) is 4. The molecule has 1 saturated heterocycles. The number of aliphatic hydroxyl groups is 2. The van der Waals surface area contributed by atoms with E-state index in [0.717, 1.165) is 0 Å². The second kappa shape index (κ2) is 37.7. The Morgan fingerprint density at radius 1 is 0.767 bits per heavy atom. The standard InChI is InChI=1S/C61H84N6O17S2/c1-5-36(2)55-52(74)29-41(21-25-86-4)61(81)84-33-43(58(78)64-48(28-40-15-19-45(71)20-16-40)59(79)65-49(60(80)66-55)27-38-10-7-6-8-11-38)31-53(75)56(37(3)69)67-57(77)42(32-68)30-51(73)47(26-39-13-17-44(70)18-14-39)63-54(76)34-83-24-23-82-22-9-12-50(72)46(62)35-85/h6-8,10-11,13-20,36-37,41-43,46-49,55-56,68-71,85H,5,9,12,21-35,62H2,1-4H3,(H,63,76)(H,64,78)(H,65,79)(H,66,80)(H,67,77)/t36?,37?,41-,42+,43+,46+,47+,48+,49+,55+,56+/m1/s1. The predicted octanol–water partition coefficient (Wildman–Crippen LogP) is 1.64. The summed E-state index contributed by atoms with van der Waals surface area (Å²) in [5.74, 6) is -11.7. The highest BCUT2D eigenvalue weighted by atomic mass is 32.2. The lowest BCUT2D eigenvalue weighted by atomic mass is 9.88. The molecular weight excluding hydrogens is 1150 g/mol. The number of esters is 1. The third-order valence-corrected chi connectivity index (χ3v) is 15.7. The van der Waals surface area contributed by atoms with E-state index in [2.05, 4.69) is 39.2 Å². The van der Waals surface area contributed by atoms with Gasteiger partial charge in [-0.15, -0.1) is 0 Å². The fourth-order valence-electron chi connectivity index (χ4n) is 9.29. The Balaban J connectivity index is 1.60. The van der Waals surface area contributed by atoms with Crippen molar-refractivity contribution < 1.29 is 82.6 Å². The van der Waals surface area contributed by atoms with Crippen molar-refractivity contribution in [3.05, 3.63) is 95.6 Å². The van der Waals surface area contributed by atoms with E-state index in [1.54, 1.807) is 43.5 Å². The monoisotopic (exact) mass is 1240 g/mol. The van der Waals surface area contributed by atoms with E-state index >= 15 is 0 Å². The fourth-order valence-corrected chi connectivity index (χ4v) is 10.0. The number of ether oxygens (including phenoxy) is 3. The number of phenols is 2. The molecule has 1 heterocycles. The van der Waals surface area contributed by atoms with Crippen LogP contribution in [-0.4, -0.2) is 179 Å². The van der Waals surface area contributed by atoms with Crippen LogP contribution in [0.4, 0.5) is 0 Å². The van der Waals surface area contributed by atoms with Crippen LogP contribution < -0.4 is 32.3 Å². The number of nitrogens with two attached hydrogens (primary N) is 1. The van der Waals surface area contributed by atoms with Gasteiger partial charge in [0.2, 0.25) is 29.5 Å². The summed E-state index contributed by atoms with van der Waals surface area (Å²) in [4.78, 5) is 140. The number of cyclic esters (lactones) is 1. The number of nitrogens with one attached hydrogen (secondary N) is 5. The zero-order valence-electron chi connectivity index (χ0n) is 49.1. The number of phenolic OH excluding ortho intramolecular Hbond substituents is 2. The van der Waals surface area contributed by atoms with E-state index in [-0.39, 0.29) is 81.4 Å². The van der Waals surface area contributed by atoms with E-state index in [4.69, 9.17) is 19.9 Å². The Hall–Kier alpha value is -6.74. The lowest BCUT2D eigenvalue weighted by Gasteiger charge is -2.30. The van der Waals surface area contributed by atoms with Gasteiger partial charge in [-0.05, 0) is 85.1 Å². The minimum Gasteiger partial charge on any atom is -0.508 e. The maximum absolute atomic E-state index is 14.7. The number of rotatable bonds is 33. The molecule has 0 aromatic heterocycles. The summed E-state index contributed by atoms with van der Waals surface area (Å²) >= 11 is 5.43. The molecule has 0 aliphatic carbocycles. The summed E-state index contributed by atoms with van der Waals surface area (Å²) in [5.41, 5.74) is 7.28. The van der Waals surface area contributed by atoms with Gasteiger partial charge in [-0.3, -0.25) is 47.9 Å². The average molecular weight is 1240 g/mol. The first-order valence-electron chi connectivity index (χ1n) is 28.7. The Morgan fingerprint density at radius 3 is 1.95 bits per heavy atom. The molecule has 1 fully saturated rings. The van der Waals surface area contributed by atoms with Gasteiger partial charge in [-0.2, -0.15) is 24.4 Å². The third kappa shape index (κ3) is 24.6. The number of hydrogen-bond donors (Lipinski definition) is 11. The van der Waals surface area contributed by atoms with Crippen LogP contribution in [0.5, 0.6) is 11.5 Å². The van der Waals surface area contributed by atoms with Gasteiger partial charge in [0.15, 0.2) is 17.3 Å². The Labute approximate surface area is 511 Å². The highest BCUT2D eigenvalue weighted by Crippen LogP contribution is 2.23. The summed E-state index contributed by atoms with van der Waals surface area (Å²) in [6.07, 6.45) is -0.910. The number of carbonyl (C=O) groups is 10. The van der Waals surface area contributed by atoms with Crippen molar-refractivity contribution >= 4 is 83.0 Å². The molecule has 0 spiro atoms. The topological polar surface area (TPSA) is 365 Å². The van der Waals surface area contributed by atoms with Crippen LogP contribution in [0.25, 0.3) is 0 Å². The molecule has 86 heavy (non-hydrogen) atoms. The van der Waals surface area contributed by atoms with Crippen LogP contribution in [0.2, 0.25) is 0 Å². The van der Waals surface area contributed by atoms with Crippen LogP contribution in [0.15, 0.2) is 78.9 Å². The number of thiol groups is 1. The van der Waals surface area contributed by atoms with E-state index < -0.39 is 152 Å². The lowest BCUT2D eigenvalue weighted by molar-refractivity contribution is -0.154. The summed E-state index contributed by atoms with van der Waals surface area (Å²) < 4.78 is 16.7. The smallest absolute Gasteiger partial charge is 0.309 e. The number of amides is 5. The van der Waals surface area contributed by atoms with Crippen LogP contribution in [-0.2, 0) is 81.4 Å². The normalized spacial score (nSPS) is 20.1. The molecule has 23 nitrogen and oxygen atoms in total. The minimum absolute atomic E-state index is 0.0174. The number of hydrogen-bond acceptors (Lipinski definition) is 20. The number of benzene rings is 3. The van der Waals surface area contributed by atoms with Gasteiger partial charge in [0.25, 0.3) is 0 Å². The van der Waals surface area contributed by atoms with Crippen molar-refractivity contribution in [3.63, 3.8) is 0 Å². The molecule has 0 saturated carbocycles. The molecule has 5 amide bonds. The fraction of sp³-hybridized carbons (Fsp3) is 0.541. The molecule has 472 valence electrons. The predicted molar refractivity (Wildman–Crippen MR) is 323 cm³/mol. The molecule has 2 unspecified atom stereocenters. The van der Waals surface area contributed by atoms with Crippen LogP contribution in [0.1, 0.15) is 82.4 Å². The summed E-state index contributed by atoms with van der Waals surface area (Å²) in [6, 6.07) is 12.6. The van der Waals surface area contributed by atoms with Gasteiger partial charge in [0.05, 0.1) is 61.8 Å². The van der Waals surface area contributed by atoms with Gasteiger partial charge < -0.3 is 67.0 Å². The molecular formula is C61H84N6O17S2. The van der Waals surface area contributed by atoms with Crippen molar-refractivity contribution in [2.75, 3.05) is 57.4 Å². The molecule has 1 aliphatic heterocycles. The lowest BCUT2D eigenvalue weighted by Crippen LogP contribution is -2.58. The number of carbonyl (C=O) groups excluding carboxylic acids is 10. The minimum atomic E-state index is -1.80. The maximum atomic E-state index is 14.7. The quantitative estimate of drug-likeness (QED) is 0.0235. The van der Waals surface area contributed by atoms with Gasteiger partial charge >= 0.3 is 5.97 Å². The summed E-state index contributed by atoms with van der Waals surface area (Å²) in [6.45, 7) is 2.85. The molecule has 0 radical (unpaired) electrons. The molecule has 1 aliphatic rings. The Morgan fingerprint density at radius 2 is 1.36 bits per heavy atom. The SMILES string of the molecule is CCC(C)[C@@H]1NC(=O)[C@H](Cc2ccccc2)NC(=O)[C@H](Cc2ccc(O)cc2)NC(=O)[C@@H](CC(=O)[C@@H](NC(=O)[C@H](CO)CC(=O)[C@H](Cc2ccc(O)cc2)NC(=O)COCCOCCCC(=O)[C@@H](N)CS)C(C)O)COC(=O)[C@H](CCSC)CC1=O. The number of aromatic hydroxyl groups is 2. The molecule has 0 bridgehead atoms. The van der Waals surface area contributed by atoms with Crippen molar-refractivity contribution in [2.45, 2.75) is 127 Å². The second-order valence-electron chi connectivity index (χ2n) is 21.5. The van der Waals surface area contributed by atoms with E-state index in [9.17, 15) is 68.4 Å². The molecule has 11 atom stereocenters. The maximum Gasteiger partial charge on any atom is 0.309 e. The average Bonchev–Trinajstić information content (AvgIpc) is 3.19. The molecule has 3 aromatic carbocycles. The largest absolute Gasteiger partial charge is 0.508 e. The van der Waals surface area contributed by atoms with E-state index in [1.807, 2.05) is 6.92 Å². The molecule has 3 aromatic rings. The van der Waals surface area contributed by atoms with Crippen molar-refractivity contribution in [1.29, 1.82) is 0 Å². The van der Waals surface area contributed by atoms with Gasteiger partial charge in [-0.1, -0.05) is 74.9 Å². The zero-order valence-corrected chi connectivity index (χ0v) is 50.8. The molecule has 11 N–H and O–H groups in total. The first-order chi connectivity index (χ1) is 41.1. The van der Waals surface area contributed by atoms with Crippen LogP contribution in [0, 0.1) is 23.7 Å². The number of aliphatic hydroxyl groups excluding tert-OH is 2. The number of thioether (sulfide) groups is 1. The highest BCUT2D eigenvalue weighted by molar-refractivity contribution is 7.98. The Bertz CT molecular complexity index is 2700. The van der Waals surface area contributed by atoms with Gasteiger partial charge in [0, 0.05) is 50.9 Å². The zero-order chi connectivity index (χ0) is 63.3. The second-order valence-corrected chi connectivity index (χ2v) is 22.8. The van der Waals surface area contributed by atoms with Crippen LogP contribution in [0.3, 0.4) is 0 Å². The van der Waals surface area contributed by atoms with Gasteiger partial charge in [-0.25, -0.2) is 0 Å². The first-order valence-corrected chi connectivity index (χ1v) is 30.8. The Kier molecular flexibility index (Phi) is 31.5. The van der Waals surface area contributed by atoms with E-state index in [0.29, 0.717) is 35.3 Å². The van der Waals surface area contributed by atoms with Gasteiger partial charge in [0.1, 0.15) is 48.6 Å². The van der Waals surface area contributed by atoms with Crippen LogP contribution >= 0.6 is 24.4 Å².